The second kappa shape index (κ2) is 16.3. The van der Waals surface area contributed by atoms with Gasteiger partial charge in [-0.05, 0) is 118 Å². The Bertz CT molecular complexity index is 2550. The van der Waals surface area contributed by atoms with E-state index in [1.165, 1.54) is 27.8 Å². The minimum absolute atomic E-state index is 0.172. The number of fused-ring (bicyclic) bond motifs is 4. The van der Waals surface area contributed by atoms with Crippen LogP contribution in [-0.4, -0.2) is 46.3 Å². The van der Waals surface area contributed by atoms with Gasteiger partial charge in [0.15, 0.2) is 11.6 Å². The predicted molar refractivity (Wildman–Crippen MR) is 225 cm³/mol. The average molecular weight is 759 g/mol. The fourth-order valence-corrected chi connectivity index (χ4v) is 8.73. The van der Waals surface area contributed by atoms with E-state index in [1.54, 1.807) is 12.5 Å². The molecule has 2 aliphatic carbocycles. The van der Waals surface area contributed by atoms with Gasteiger partial charge in [-0.1, -0.05) is 61.4 Å². The van der Waals surface area contributed by atoms with Gasteiger partial charge in [-0.25, -0.2) is 24.6 Å². The van der Waals surface area contributed by atoms with Crippen molar-refractivity contribution < 1.29 is 4.74 Å². The lowest BCUT2D eigenvalue weighted by atomic mass is 9.88. The third kappa shape index (κ3) is 7.75. The molecule has 11 heteroatoms. The summed E-state index contributed by atoms with van der Waals surface area (Å²) in [5.74, 6) is 2.83. The smallest absolute Gasteiger partial charge is 0.253 e. The summed E-state index contributed by atoms with van der Waals surface area (Å²) >= 11 is 0. The highest BCUT2D eigenvalue weighted by molar-refractivity contribution is 5.87. The van der Waals surface area contributed by atoms with Crippen LogP contribution in [-0.2, 0) is 19.3 Å². The first-order valence-corrected chi connectivity index (χ1v) is 20.6. The van der Waals surface area contributed by atoms with Crippen molar-refractivity contribution in [2.75, 3.05) is 17.2 Å². The zero-order chi connectivity index (χ0) is 38.7. The molecule has 0 saturated heterocycles. The van der Waals surface area contributed by atoms with E-state index >= 15 is 0 Å². The van der Waals surface area contributed by atoms with Crippen LogP contribution in [0.4, 0.5) is 11.6 Å². The summed E-state index contributed by atoms with van der Waals surface area (Å²) in [6.07, 6.45) is 17.1. The Morgan fingerprint density at radius 2 is 1.39 bits per heavy atom. The van der Waals surface area contributed by atoms with E-state index in [4.69, 9.17) is 29.8 Å². The second-order valence-electron chi connectivity index (χ2n) is 15.7. The number of pyridine rings is 2. The van der Waals surface area contributed by atoms with Crippen LogP contribution in [0.5, 0.6) is 5.75 Å². The Kier molecular flexibility index (Phi) is 10.5. The SMILES string of the molecule is Cc1cnc2c(NC3CCCc4ccccc43)nc(-n3nc(C)c(CCCCCCOc4cnc5c(NC6CCCc7ccccc76)ncnc5c4)c3C)nc2c1. The average Bonchev–Trinajstić information content (AvgIpc) is 3.52. The minimum atomic E-state index is 0.172. The fourth-order valence-electron chi connectivity index (χ4n) is 8.73. The van der Waals surface area contributed by atoms with Gasteiger partial charge in [-0.3, -0.25) is 4.98 Å². The fraction of sp³-hybridized carbons (Fsp3) is 0.370. The van der Waals surface area contributed by atoms with Crippen LogP contribution in [0, 0.1) is 20.8 Å². The number of nitrogens with one attached hydrogen (secondary N) is 2. The van der Waals surface area contributed by atoms with Crippen LogP contribution in [0.1, 0.15) is 108 Å². The van der Waals surface area contributed by atoms with Crippen molar-refractivity contribution >= 4 is 33.7 Å². The molecule has 0 aliphatic heterocycles. The monoisotopic (exact) mass is 758 g/mol. The van der Waals surface area contributed by atoms with Crippen LogP contribution < -0.4 is 15.4 Å². The number of aryl methyl sites for hydroxylation is 4. The van der Waals surface area contributed by atoms with E-state index < -0.39 is 0 Å². The summed E-state index contributed by atoms with van der Waals surface area (Å²) in [5.41, 5.74) is 13.1. The van der Waals surface area contributed by atoms with Crippen LogP contribution in [0.25, 0.3) is 28.0 Å². The zero-order valence-corrected chi connectivity index (χ0v) is 33.1. The molecule has 9 rings (SSSR count). The molecule has 2 atom stereocenters. The quantitative estimate of drug-likeness (QED) is 0.110. The topological polar surface area (TPSA) is 128 Å². The molecule has 7 aromatic rings. The lowest BCUT2D eigenvalue weighted by molar-refractivity contribution is 0.304. The van der Waals surface area contributed by atoms with Gasteiger partial charge in [0.1, 0.15) is 23.1 Å². The maximum absolute atomic E-state index is 6.14. The number of benzene rings is 2. The highest BCUT2D eigenvalue weighted by Crippen LogP contribution is 2.35. The van der Waals surface area contributed by atoms with Gasteiger partial charge in [-0.15, -0.1) is 0 Å². The lowest BCUT2D eigenvalue weighted by Gasteiger charge is -2.27. The Morgan fingerprint density at radius 1 is 0.702 bits per heavy atom. The number of nitrogens with zero attached hydrogens (tertiary/aromatic N) is 8. The third-order valence-corrected chi connectivity index (χ3v) is 11.7. The maximum atomic E-state index is 6.14. The first kappa shape index (κ1) is 36.7. The van der Waals surface area contributed by atoms with Gasteiger partial charge >= 0.3 is 0 Å². The summed E-state index contributed by atoms with van der Waals surface area (Å²) in [5, 5.41) is 12.4. The van der Waals surface area contributed by atoms with Gasteiger partial charge in [0.05, 0.1) is 41.6 Å². The summed E-state index contributed by atoms with van der Waals surface area (Å²) in [7, 11) is 0. The maximum Gasteiger partial charge on any atom is 0.253 e. The summed E-state index contributed by atoms with van der Waals surface area (Å²) in [4.78, 5) is 28.6. The molecular weight excluding hydrogens is 709 g/mol. The molecule has 290 valence electrons. The Hall–Kier alpha value is -5.97. The summed E-state index contributed by atoms with van der Waals surface area (Å²) in [6, 6.07) is 21.9. The van der Waals surface area contributed by atoms with E-state index in [0.717, 1.165) is 127 Å². The molecule has 0 saturated carbocycles. The molecule has 0 fully saturated rings. The van der Waals surface area contributed by atoms with Crippen LogP contribution in [0.2, 0.25) is 0 Å². The van der Waals surface area contributed by atoms with Gasteiger partial charge in [0.25, 0.3) is 5.95 Å². The molecule has 5 heterocycles. The third-order valence-electron chi connectivity index (χ3n) is 11.7. The minimum Gasteiger partial charge on any atom is -0.492 e. The van der Waals surface area contributed by atoms with E-state index in [9.17, 15) is 0 Å². The first-order valence-electron chi connectivity index (χ1n) is 20.6. The molecule has 0 radical (unpaired) electrons. The van der Waals surface area contributed by atoms with Crippen LogP contribution >= 0.6 is 0 Å². The molecular formula is C46H50N10O. The standard InChI is InChI=1S/C46H50N10O/c1-29-24-41-43(47-26-29)45(52-39-22-13-17-33-15-8-10-20-37(33)39)54-46(53-41)56-31(3)35(30(2)55-56)18-6-4-5-11-23-57-34-25-40-42(48-27-34)44(50-28-49-40)51-38-21-12-16-32-14-7-9-19-36(32)38/h7-10,14-15,19-20,24-28,38-39H,4-6,11-13,16-18,21-23H2,1-3H3,(H,49,50,51)(H,52,53,54). The highest BCUT2D eigenvalue weighted by atomic mass is 16.5. The predicted octanol–water partition coefficient (Wildman–Crippen LogP) is 9.63. The van der Waals surface area contributed by atoms with Crippen molar-refractivity contribution in [2.45, 2.75) is 103 Å². The van der Waals surface area contributed by atoms with Crippen molar-refractivity contribution in [3.8, 4) is 11.7 Å². The molecule has 0 amide bonds. The number of unbranched alkanes of at least 4 members (excludes halogenated alkanes) is 3. The van der Waals surface area contributed by atoms with E-state index in [1.807, 2.05) is 23.9 Å². The van der Waals surface area contributed by atoms with E-state index in [0.29, 0.717) is 12.6 Å². The summed E-state index contributed by atoms with van der Waals surface area (Å²) < 4.78 is 8.05. The van der Waals surface area contributed by atoms with Gasteiger partial charge in [-0.2, -0.15) is 10.1 Å². The number of rotatable bonds is 13. The van der Waals surface area contributed by atoms with Crippen molar-refractivity contribution in [3.63, 3.8) is 0 Å². The normalized spacial score (nSPS) is 16.3. The van der Waals surface area contributed by atoms with Crippen LogP contribution in [0.3, 0.4) is 0 Å². The number of anilines is 2. The number of aromatic nitrogens is 8. The molecule has 2 unspecified atom stereocenters. The second-order valence-corrected chi connectivity index (χ2v) is 15.7. The van der Waals surface area contributed by atoms with E-state index in [-0.39, 0.29) is 12.1 Å². The van der Waals surface area contributed by atoms with Crippen LogP contribution in [0.15, 0.2) is 79.4 Å². The largest absolute Gasteiger partial charge is 0.492 e. The molecule has 2 aromatic carbocycles. The first-order chi connectivity index (χ1) is 28.0. The summed E-state index contributed by atoms with van der Waals surface area (Å²) in [6.45, 7) is 6.90. The zero-order valence-electron chi connectivity index (χ0n) is 33.1. The lowest BCUT2D eigenvalue weighted by Crippen LogP contribution is -2.19. The Balaban J connectivity index is 0.805. The van der Waals surface area contributed by atoms with Crippen molar-refractivity contribution in [1.29, 1.82) is 0 Å². The molecule has 11 nitrogen and oxygen atoms in total. The number of hydrogen-bond donors (Lipinski definition) is 2. The molecule has 0 spiro atoms. The van der Waals surface area contributed by atoms with Gasteiger partial charge < -0.3 is 15.4 Å². The molecule has 5 aromatic heterocycles. The van der Waals surface area contributed by atoms with E-state index in [2.05, 4.69) is 89.0 Å². The van der Waals surface area contributed by atoms with Crippen molar-refractivity contribution in [2.24, 2.45) is 0 Å². The number of hydrogen-bond acceptors (Lipinski definition) is 10. The van der Waals surface area contributed by atoms with Crippen molar-refractivity contribution in [3.05, 3.63) is 124 Å². The Morgan fingerprint density at radius 3 is 2.16 bits per heavy atom. The molecule has 57 heavy (non-hydrogen) atoms. The molecule has 0 bridgehead atoms. The van der Waals surface area contributed by atoms with Gasteiger partial charge in [0, 0.05) is 18.0 Å². The molecule has 2 aliphatic rings. The Labute approximate surface area is 333 Å². The van der Waals surface area contributed by atoms with Gasteiger partial charge in [0.2, 0.25) is 0 Å². The number of ether oxygens (including phenoxy) is 1. The van der Waals surface area contributed by atoms with Crippen molar-refractivity contribution in [1.82, 2.24) is 39.7 Å². The highest BCUT2D eigenvalue weighted by Gasteiger charge is 2.24. The molecule has 2 N–H and O–H groups in total.